The van der Waals surface area contributed by atoms with Gasteiger partial charge >= 0.3 is 6.18 Å². The van der Waals surface area contributed by atoms with E-state index >= 15 is 0 Å². The van der Waals surface area contributed by atoms with Crippen molar-refractivity contribution < 1.29 is 27.8 Å². The molecule has 0 fully saturated rings. The van der Waals surface area contributed by atoms with Crippen molar-refractivity contribution in [1.82, 2.24) is 5.32 Å². The van der Waals surface area contributed by atoms with E-state index in [2.05, 4.69) is 21.2 Å². The van der Waals surface area contributed by atoms with Crippen LogP contribution < -0.4 is 14.8 Å². The molecule has 0 saturated heterocycles. The predicted molar refractivity (Wildman–Crippen MR) is 64.1 cm³/mol. The highest BCUT2D eigenvalue weighted by Gasteiger charge is 2.29. The summed E-state index contributed by atoms with van der Waals surface area (Å²) in [7, 11) is 0. The lowest BCUT2D eigenvalue weighted by atomic mass is 10.1. The molecule has 0 saturated carbocycles. The standard InChI is InChI=1S/C11H11BrF3NO3/c12-7-1-6(2-9-10(7)19-5-18-9)8(3-17)16-4-11(13,14)15/h1-2,8,16-17H,3-5H2. The zero-order chi connectivity index (χ0) is 14.0. The number of hydrogen-bond donors (Lipinski definition) is 2. The average molecular weight is 342 g/mol. The molecule has 1 atom stereocenters. The van der Waals surface area contributed by atoms with Crippen molar-refractivity contribution in [3.8, 4) is 11.5 Å². The second-order valence-corrected chi connectivity index (χ2v) is 4.82. The highest BCUT2D eigenvalue weighted by molar-refractivity contribution is 9.10. The molecule has 0 amide bonds. The Bertz CT molecular complexity index is 467. The summed E-state index contributed by atoms with van der Waals surface area (Å²) < 4.78 is 47.4. The van der Waals surface area contributed by atoms with E-state index in [0.717, 1.165) is 0 Å². The van der Waals surface area contributed by atoms with Crippen LogP contribution in [0.3, 0.4) is 0 Å². The molecule has 0 aromatic heterocycles. The van der Waals surface area contributed by atoms with E-state index in [1.807, 2.05) is 0 Å². The maximum atomic E-state index is 12.2. The fraction of sp³-hybridized carbons (Fsp3) is 0.455. The summed E-state index contributed by atoms with van der Waals surface area (Å²) in [6.07, 6.45) is -4.33. The topological polar surface area (TPSA) is 50.7 Å². The molecule has 4 nitrogen and oxygen atoms in total. The van der Waals surface area contributed by atoms with Gasteiger partial charge in [-0.15, -0.1) is 0 Å². The second kappa shape index (κ2) is 5.56. The van der Waals surface area contributed by atoms with Crippen molar-refractivity contribution in [2.24, 2.45) is 0 Å². The van der Waals surface area contributed by atoms with E-state index in [-0.39, 0.29) is 6.79 Å². The molecule has 0 aliphatic carbocycles. The summed E-state index contributed by atoms with van der Waals surface area (Å²) in [5.41, 5.74) is 0.489. The lowest BCUT2D eigenvalue weighted by molar-refractivity contribution is -0.126. The number of hydrogen-bond acceptors (Lipinski definition) is 4. The Balaban J connectivity index is 2.17. The van der Waals surface area contributed by atoms with Crippen molar-refractivity contribution in [3.05, 3.63) is 22.2 Å². The van der Waals surface area contributed by atoms with Crippen molar-refractivity contribution >= 4 is 15.9 Å². The molecule has 1 unspecified atom stereocenters. The van der Waals surface area contributed by atoms with Crippen LogP contribution in [-0.2, 0) is 0 Å². The first-order chi connectivity index (χ1) is 8.90. The molecule has 0 spiro atoms. The zero-order valence-corrected chi connectivity index (χ0v) is 11.2. The van der Waals surface area contributed by atoms with Gasteiger partial charge in [-0.3, -0.25) is 5.32 Å². The summed E-state index contributed by atoms with van der Waals surface area (Å²) in [5.74, 6) is 0.952. The smallest absolute Gasteiger partial charge is 0.401 e. The van der Waals surface area contributed by atoms with Crippen molar-refractivity contribution in [3.63, 3.8) is 0 Å². The summed E-state index contributed by atoms with van der Waals surface area (Å²) in [4.78, 5) is 0. The van der Waals surface area contributed by atoms with E-state index in [1.54, 1.807) is 12.1 Å². The van der Waals surface area contributed by atoms with Gasteiger partial charge in [-0.05, 0) is 33.6 Å². The first-order valence-electron chi connectivity index (χ1n) is 5.41. The molecular formula is C11H11BrF3NO3. The number of ether oxygens (including phenoxy) is 2. The van der Waals surface area contributed by atoms with Crippen molar-refractivity contribution in [2.75, 3.05) is 19.9 Å². The summed E-state index contributed by atoms with van der Waals surface area (Å²) >= 11 is 3.25. The van der Waals surface area contributed by atoms with Gasteiger partial charge < -0.3 is 14.6 Å². The van der Waals surface area contributed by atoms with Gasteiger partial charge in [-0.2, -0.15) is 13.2 Å². The number of aliphatic hydroxyl groups excluding tert-OH is 1. The number of rotatable bonds is 4. The van der Waals surface area contributed by atoms with E-state index in [0.29, 0.717) is 21.5 Å². The Morgan fingerprint density at radius 1 is 1.37 bits per heavy atom. The van der Waals surface area contributed by atoms with Crippen LogP contribution in [0.4, 0.5) is 13.2 Å². The monoisotopic (exact) mass is 341 g/mol. The van der Waals surface area contributed by atoms with E-state index in [1.165, 1.54) is 0 Å². The van der Waals surface area contributed by atoms with Crippen LogP contribution in [0.15, 0.2) is 16.6 Å². The zero-order valence-electron chi connectivity index (χ0n) is 9.63. The minimum Gasteiger partial charge on any atom is -0.454 e. The average Bonchev–Trinajstić information content (AvgIpc) is 2.77. The molecule has 1 aromatic carbocycles. The van der Waals surface area contributed by atoms with E-state index < -0.39 is 25.4 Å². The minimum atomic E-state index is -4.33. The minimum absolute atomic E-state index is 0.0666. The molecular weight excluding hydrogens is 331 g/mol. The number of halogens is 4. The highest BCUT2D eigenvalue weighted by Crippen LogP contribution is 2.41. The van der Waals surface area contributed by atoms with Crippen LogP contribution in [0, 0.1) is 0 Å². The maximum absolute atomic E-state index is 12.2. The molecule has 1 aliphatic heterocycles. The van der Waals surface area contributed by atoms with Crippen LogP contribution in [-0.4, -0.2) is 31.2 Å². The third-order valence-electron chi connectivity index (χ3n) is 2.58. The van der Waals surface area contributed by atoms with Gasteiger partial charge in [-0.25, -0.2) is 0 Å². The number of nitrogens with one attached hydrogen (secondary N) is 1. The molecule has 0 bridgehead atoms. The summed E-state index contributed by atoms with van der Waals surface area (Å²) in [6.45, 7) is -1.57. The van der Waals surface area contributed by atoms with Crippen LogP contribution in [0.25, 0.3) is 0 Å². The molecule has 0 radical (unpaired) electrons. The molecule has 2 rings (SSSR count). The molecule has 1 aliphatic rings. The number of fused-ring (bicyclic) bond motifs is 1. The molecule has 8 heteroatoms. The lowest BCUT2D eigenvalue weighted by Crippen LogP contribution is -2.33. The highest BCUT2D eigenvalue weighted by atomic mass is 79.9. The van der Waals surface area contributed by atoms with Gasteiger partial charge in [0.2, 0.25) is 6.79 Å². The van der Waals surface area contributed by atoms with Crippen LogP contribution >= 0.6 is 15.9 Å². The van der Waals surface area contributed by atoms with Crippen molar-refractivity contribution in [2.45, 2.75) is 12.2 Å². The normalized spacial score (nSPS) is 15.6. The Labute approximate surface area is 115 Å². The number of alkyl halides is 3. The Morgan fingerprint density at radius 2 is 2.11 bits per heavy atom. The SMILES string of the molecule is OCC(NCC(F)(F)F)c1cc(Br)c2c(c1)OCO2. The molecule has 2 N–H and O–H groups in total. The largest absolute Gasteiger partial charge is 0.454 e. The van der Waals surface area contributed by atoms with Gasteiger partial charge in [0.1, 0.15) is 0 Å². The second-order valence-electron chi connectivity index (χ2n) is 3.97. The van der Waals surface area contributed by atoms with Crippen molar-refractivity contribution in [1.29, 1.82) is 0 Å². The molecule has 1 heterocycles. The van der Waals surface area contributed by atoms with Crippen LogP contribution in [0.2, 0.25) is 0 Å². The number of benzene rings is 1. The summed E-state index contributed by atoms with van der Waals surface area (Å²) in [5, 5.41) is 11.5. The Hall–Kier alpha value is -0.990. The maximum Gasteiger partial charge on any atom is 0.401 e. The molecule has 19 heavy (non-hydrogen) atoms. The van der Waals surface area contributed by atoms with Gasteiger partial charge in [0.25, 0.3) is 0 Å². The fourth-order valence-electron chi connectivity index (χ4n) is 1.72. The first kappa shape index (κ1) is 14.4. The molecule has 106 valence electrons. The van der Waals surface area contributed by atoms with Gasteiger partial charge in [0.05, 0.1) is 23.7 Å². The van der Waals surface area contributed by atoms with E-state index in [4.69, 9.17) is 9.47 Å². The van der Waals surface area contributed by atoms with E-state index in [9.17, 15) is 18.3 Å². The van der Waals surface area contributed by atoms with Crippen LogP contribution in [0.1, 0.15) is 11.6 Å². The van der Waals surface area contributed by atoms with Crippen LogP contribution in [0.5, 0.6) is 11.5 Å². The Kier molecular flexibility index (Phi) is 4.22. The Morgan fingerprint density at radius 3 is 2.74 bits per heavy atom. The molecule has 1 aromatic rings. The third-order valence-corrected chi connectivity index (χ3v) is 3.17. The van der Waals surface area contributed by atoms with Gasteiger partial charge in [0.15, 0.2) is 11.5 Å². The third kappa shape index (κ3) is 3.52. The quantitative estimate of drug-likeness (QED) is 0.882. The van der Waals surface area contributed by atoms with Gasteiger partial charge in [0, 0.05) is 0 Å². The fourth-order valence-corrected chi connectivity index (χ4v) is 2.29. The summed E-state index contributed by atoms with van der Waals surface area (Å²) in [6, 6.07) is 2.32. The predicted octanol–water partition coefficient (Wildman–Crippen LogP) is 2.36. The number of aliphatic hydroxyl groups is 1. The first-order valence-corrected chi connectivity index (χ1v) is 6.20. The lowest BCUT2D eigenvalue weighted by Gasteiger charge is -2.18. The van der Waals surface area contributed by atoms with Gasteiger partial charge in [-0.1, -0.05) is 0 Å².